The fourth-order valence-corrected chi connectivity index (χ4v) is 3.69. The first-order valence-corrected chi connectivity index (χ1v) is 11.0. The minimum atomic E-state index is -0.878. The van der Waals surface area contributed by atoms with E-state index in [9.17, 15) is 14.4 Å². The molecule has 5 heteroatoms. The zero-order valence-electron chi connectivity index (χ0n) is 18.5. The number of ketones is 1. The van der Waals surface area contributed by atoms with Gasteiger partial charge in [-0.15, -0.1) is 0 Å². The Morgan fingerprint density at radius 2 is 1.12 bits per heavy atom. The number of hydrogen-bond donors (Lipinski definition) is 2. The molecule has 0 unspecified atom stereocenters. The average Bonchev–Trinajstić information content (AvgIpc) is 2.89. The van der Waals surface area contributed by atoms with Gasteiger partial charge in [0, 0.05) is 23.1 Å². The van der Waals surface area contributed by atoms with E-state index in [1.807, 2.05) is 60.7 Å². The third kappa shape index (κ3) is 5.45. The third-order valence-electron chi connectivity index (χ3n) is 5.59. The van der Waals surface area contributed by atoms with Crippen LogP contribution in [0.2, 0.25) is 0 Å². The summed E-state index contributed by atoms with van der Waals surface area (Å²) in [5.74, 6) is -1.08. The monoisotopic (exact) mass is 448 g/mol. The molecule has 0 saturated carbocycles. The Balaban J connectivity index is 1.42. The maximum atomic E-state index is 12.7. The van der Waals surface area contributed by atoms with E-state index in [0.29, 0.717) is 16.7 Å². The highest BCUT2D eigenvalue weighted by Gasteiger charge is 2.20. The van der Waals surface area contributed by atoms with Crippen LogP contribution in [0.5, 0.6) is 0 Å². The molecule has 0 fully saturated rings. The standard InChI is InChI=1S/C29H24N2O3/c30-28(33)26(19-20-11-13-24(14-12-20)27(32)23-9-5-2-6-10-23)31-29(34)25-17-15-22(16-18-25)21-7-3-1-4-8-21/h1-18,26H,19H2,(H2,30,33)(H,31,34)/t26-/m0/s1. The van der Waals surface area contributed by atoms with Gasteiger partial charge in [-0.1, -0.05) is 97.1 Å². The van der Waals surface area contributed by atoms with Crippen molar-refractivity contribution in [2.75, 3.05) is 0 Å². The van der Waals surface area contributed by atoms with Crippen molar-refractivity contribution in [2.24, 2.45) is 5.73 Å². The van der Waals surface area contributed by atoms with Gasteiger partial charge in [-0.05, 0) is 28.8 Å². The first kappa shape index (κ1) is 22.7. The smallest absolute Gasteiger partial charge is 0.251 e. The number of carbonyl (C=O) groups excluding carboxylic acids is 3. The van der Waals surface area contributed by atoms with Crippen LogP contribution < -0.4 is 11.1 Å². The quantitative estimate of drug-likeness (QED) is 0.391. The molecule has 5 nitrogen and oxygen atoms in total. The van der Waals surface area contributed by atoms with E-state index < -0.39 is 11.9 Å². The summed E-state index contributed by atoms with van der Waals surface area (Å²) in [6.45, 7) is 0. The predicted octanol–water partition coefficient (Wildman–Crippen LogP) is 4.41. The Morgan fingerprint density at radius 1 is 0.618 bits per heavy atom. The molecule has 4 aromatic rings. The molecule has 0 heterocycles. The van der Waals surface area contributed by atoms with Crippen molar-refractivity contribution in [3.8, 4) is 11.1 Å². The van der Waals surface area contributed by atoms with Crippen molar-refractivity contribution in [1.29, 1.82) is 0 Å². The molecule has 2 amide bonds. The highest BCUT2D eigenvalue weighted by molar-refractivity contribution is 6.09. The topological polar surface area (TPSA) is 89.3 Å². The average molecular weight is 449 g/mol. The number of nitrogens with one attached hydrogen (secondary N) is 1. The summed E-state index contributed by atoms with van der Waals surface area (Å²) in [6, 6.07) is 32.1. The molecule has 0 aliphatic carbocycles. The van der Waals surface area contributed by atoms with Crippen LogP contribution in [0.15, 0.2) is 109 Å². The minimum absolute atomic E-state index is 0.0779. The second kappa shape index (κ2) is 10.4. The van der Waals surface area contributed by atoms with Gasteiger partial charge in [0.1, 0.15) is 6.04 Å². The van der Waals surface area contributed by atoms with Crippen LogP contribution in [-0.4, -0.2) is 23.6 Å². The van der Waals surface area contributed by atoms with Crippen molar-refractivity contribution in [1.82, 2.24) is 5.32 Å². The maximum absolute atomic E-state index is 12.7. The number of benzene rings is 4. The number of carbonyl (C=O) groups is 3. The number of nitrogens with two attached hydrogens (primary N) is 1. The highest BCUT2D eigenvalue weighted by atomic mass is 16.2. The number of hydrogen-bond acceptors (Lipinski definition) is 3. The molecule has 4 rings (SSSR count). The maximum Gasteiger partial charge on any atom is 0.251 e. The molecule has 0 saturated heterocycles. The van der Waals surface area contributed by atoms with Crippen LogP contribution in [-0.2, 0) is 11.2 Å². The van der Waals surface area contributed by atoms with Crippen molar-refractivity contribution in [3.05, 3.63) is 131 Å². The third-order valence-corrected chi connectivity index (χ3v) is 5.59. The van der Waals surface area contributed by atoms with Crippen LogP contribution in [0, 0.1) is 0 Å². The Labute approximate surface area is 198 Å². The number of rotatable bonds is 8. The Kier molecular flexibility index (Phi) is 6.94. The Morgan fingerprint density at radius 3 is 1.71 bits per heavy atom. The molecule has 1 atom stereocenters. The molecule has 168 valence electrons. The van der Waals surface area contributed by atoms with Crippen LogP contribution in [0.25, 0.3) is 11.1 Å². The summed E-state index contributed by atoms with van der Waals surface area (Å²) in [5.41, 5.74) is 9.99. The van der Waals surface area contributed by atoms with Gasteiger partial charge in [-0.2, -0.15) is 0 Å². The lowest BCUT2D eigenvalue weighted by atomic mass is 9.99. The molecule has 0 radical (unpaired) electrons. The van der Waals surface area contributed by atoms with Gasteiger partial charge in [0.25, 0.3) is 5.91 Å². The van der Waals surface area contributed by atoms with Crippen molar-refractivity contribution in [2.45, 2.75) is 12.5 Å². The first-order valence-electron chi connectivity index (χ1n) is 11.0. The molecule has 0 aliphatic heterocycles. The van der Waals surface area contributed by atoms with E-state index >= 15 is 0 Å². The molecule has 3 N–H and O–H groups in total. The van der Waals surface area contributed by atoms with Gasteiger partial charge >= 0.3 is 0 Å². The van der Waals surface area contributed by atoms with Crippen LogP contribution in [0.4, 0.5) is 0 Å². The van der Waals surface area contributed by atoms with Crippen molar-refractivity contribution < 1.29 is 14.4 Å². The molecule has 0 bridgehead atoms. The number of primary amides is 1. The summed E-state index contributed by atoms with van der Waals surface area (Å²) in [5, 5.41) is 2.72. The summed E-state index contributed by atoms with van der Waals surface area (Å²) < 4.78 is 0. The fraction of sp³-hybridized carbons (Fsp3) is 0.0690. The fourth-order valence-electron chi connectivity index (χ4n) is 3.69. The zero-order valence-corrected chi connectivity index (χ0v) is 18.5. The minimum Gasteiger partial charge on any atom is -0.368 e. The molecule has 34 heavy (non-hydrogen) atoms. The van der Waals surface area contributed by atoms with Crippen LogP contribution in [0.1, 0.15) is 31.8 Å². The molecule has 0 aromatic heterocycles. The van der Waals surface area contributed by atoms with E-state index in [-0.39, 0.29) is 18.1 Å². The summed E-state index contributed by atoms with van der Waals surface area (Å²) in [6.07, 6.45) is 0.225. The lowest BCUT2D eigenvalue weighted by Crippen LogP contribution is -2.45. The normalized spacial score (nSPS) is 11.4. The lowest BCUT2D eigenvalue weighted by molar-refractivity contribution is -0.119. The van der Waals surface area contributed by atoms with Gasteiger partial charge in [0.05, 0.1) is 0 Å². The second-order valence-corrected chi connectivity index (χ2v) is 7.97. The van der Waals surface area contributed by atoms with Gasteiger partial charge in [-0.25, -0.2) is 0 Å². The second-order valence-electron chi connectivity index (χ2n) is 7.97. The first-order chi connectivity index (χ1) is 16.5. The lowest BCUT2D eigenvalue weighted by Gasteiger charge is -2.16. The van der Waals surface area contributed by atoms with Gasteiger partial charge in [-0.3, -0.25) is 14.4 Å². The van der Waals surface area contributed by atoms with E-state index in [1.54, 1.807) is 48.5 Å². The SMILES string of the molecule is NC(=O)[C@H](Cc1ccc(C(=O)c2ccccc2)cc1)NC(=O)c1ccc(-c2ccccc2)cc1. The molecular weight excluding hydrogens is 424 g/mol. The van der Waals surface area contributed by atoms with Crippen molar-refractivity contribution >= 4 is 17.6 Å². The summed E-state index contributed by atoms with van der Waals surface area (Å²) in [4.78, 5) is 37.3. The Bertz CT molecular complexity index is 1280. The summed E-state index contributed by atoms with van der Waals surface area (Å²) in [7, 11) is 0. The molecule has 0 aliphatic rings. The van der Waals surface area contributed by atoms with Gasteiger partial charge in [0.15, 0.2) is 5.78 Å². The zero-order chi connectivity index (χ0) is 23.9. The van der Waals surface area contributed by atoms with E-state index in [1.165, 1.54) is 0 Å². The van der Waals surface area contributed by atoms with Crippen LogP contribution in [0.3, 0.4) is 0 Å². The predicted molar refractivity (Wildman–Crippen MR) is 132 cm³/mol. The molecule has 4 aromatic carbocycles. The van der Waals surface area contributed by atoms with Crippen molar-refractivity contribution in [3.63, 3.8) is 0 Å². The van der Waals surface area contributed by atoms with E-state index in [4.69, 9.17) is 5.73 Å². The molecule has 0 spiro atoms. The summed E-state index contributed by atoms with van der Waals surface area (Å²) >= 11 is 0. The van der Waals surface area contributed by atoms with E-state index in [0.717, 1.165) is 16.7 Å². The van der Waals surface area contributed by atoms with E-state index in [2.05, 4.69) is 5.32 Å². The van der Waals surface area contributed by atoms with Gasteiger partial charge < -0.3 is 11.1 Å². The van der Waals surface area contributed by atoms with Crippen LogP contribution >= 0.6 is 0 Å². The Hall–Kier alpha value is -4.51. The van der Waals surface area contributed by atoms with Gasteiger partial charge in [0.2, 0.25) is 5.91 Å². The largest absolute Gasteiger partial charge is 0.368 e. The highest BCUT2D eigenvalue weighted by Crippen LogP contribution is 2.19. The number of amides is 2. The molecular formula is C29H24N2O3.